The van der Waals surface area contributed by atoms with Crippen molar-refractivity contribution in [1.29, 1.82) is 0 Å². The topological polar surface area (TPSA) is 29.3 Å². The molecule has 1 aromatic rings. The molecule has 0 fully saturated rings. The summed E-state index contributed by atoms with van der Waals surface area (Å²) >= 11 is 1.78. The predicted octanol–water partition coefficient (Wildman–Crippen LogP) is 3.17. The van der Waals surface area contributed by atoms with Crippen LogP contribution in [0.15, 0.2) is 12.1 Å². The van der Waals surface area contributed by atoms with Gasteiger partial charge >= 0.3 is 0 Å². The monoisotopic (exact) mass is 278 g/mol. The third-order valence-corrected chi connectivity index (χ3v) is 3.59. The van der Waals surface area contributed by atoms with Gasteiger partial charge in [-0.1, -0.05) is 39.5 Å². The van der Waals surface area contributed by atoms with Crippen molar-refractivity contribution in [2.45, 2.75) is 34.2 Å². The molecular formula is C16H26N2S. The van der Waals surface area contributed by atoms with E-state index in [2.05, 4.69) is 56.6 Å². The Morgan fingerprint density at radius 2 is 1.79 bits per heavy atom. The van der Waals surface area contributed by atoms with Gasteiger partial charge in [0.25, 0.3) is 0 Å². The second kappa shape index (κ2) is 8.37. The van der Waals surface area contributed by atoms with Crippen LogP contribution in [0, 0.1) is 23.7 Å². The van der Waals surface area contributed by atoms with Gasteiger partial charge in [0.05, 0.1) is 11.4 Å². The van der Waals surface area contributed by atoms with Gasteiger partial charge in [-0.3, -0.25) is 4.90 Å². The van der Waals surface area contributed by atoms with Crippen LogP contribution in [0.2, 0.25) is 0 Å². The Balaban J connectivity index is 2.64. The number of hydrogen-bond acceptors (Lipinski definition) is 3. The van der Waals surface area contributed by atoms with Crippen LogP contribution >= 0.6 is 11.3 Å². The summed E-state index contributed by atoms with van der Waals surface area (Å²) in [6, 6.07) is 4.30. The zero-order valence-corrected chi connectivity index (χ0v) is 13.4. The molecule has 0 aliphatic heterocycles. The van der Waals surface area contributed by atoms with E-state index in [1.54, 1.807) is 11.3 Å². The van der Waals surface area contributed by atoms with Crippen LogP contribution in [0.3, 0.4) is 0 Å². The number of hydrogen-bond donors (Lipinski definition) is 1. The van der Waals surface area contributed by atoms with Crippen molar-refractivity contribution < 1.29 is 0 Å². The quantitative estimate of drug-likeness (QED) is 0.810. The fraction of sp³-hybridized carbons (Fsp3) is 0.625. The van der Waals surface area contributed by atoms with Gasteiger partial charge in [-0.15, -0.1) is 11.3 Å². The van der Waals surface area contributed by atoms with Gasteiger partial charge in [-0.05, 0) is 24.0 Å². The highest BCUT2D eigenvalue weighted by molar-refractivity contribution is 7.12. The maximum atomic E-state index is 5.40. The van der Waals surface area contributed by atoms with E-state index >= 15 is 0 Å². The Morgan fingerprint density at radius 3 is 2.32 bits per heavy atom. The molecule has 1 rings (SSSR count). The molecule has 0 unspecified atom stereocenters. The lowest BCUT2D eigenvalue weighted by Gasteiger charge is -2.25. The molecule has 1 aromatic heterocycles. The van der Waals surface area contributed by atoms with Crippen LogP contribution in [0.5, 0.6) is 0 Å². The highest BCUT2D eigenvalue weighted by atomic mass is 32.1. The first-order chi connectivity index (χ1) is 9.01. The summed E-state index contributed by atoms with van der Waals surface area (Å²) in [6.07, 6.45) is 0. The van der Waals surface area contributed by atoms with Gasteiger partial charge in [-0.2, -0.15) is 0 Å². The number of rotatable bonds is 6. The molecule has 106 valence electrons. The molecule has 0 spiro atoms. The minimum absolute atomic E-state index is 0.431. The van der Waals surface area contributed by atoms with Crippen molar-refractivity contribution in [2.24, 2.45) is 17.6 Å². The van der Waals surface area contributed by atoms with Gasteiger partial charge in [0.2, 0.25) is 0 Å². The van der Waals surface area contributed by atoms with E-state index in [0.717, 1.165) is 24.5 Å². The molecule has 0 saturated carbocycles. The Morgan fingerprint density at radius 1 is 1.16 bits per heavy atom. The maximum absolute atomic E-state index is 5.40. The van der Waals surface area contributed by atoms with Crippen LogP contribution in [-0.4, -0.2) is 24.5 Å². The molecule has 0 saturated heterocycles. The molecule has 2 nitrogen and oxygen atoms in total. The first kappa shape index (κ1) is 16.2. The molecule has 1 heterocycles. The average Bonchev–Trinajstić information content (AvgIpc) is 2.72. The highest BCUT2D eigenvalue weighted by Crippen LogP contribution is 2.18. The highest BCUT2D eigenvalue weighted by Gasteiger charge is 2.11. The third-order valence-electron chi connectivity index (χ3n) is 2.60. The normalized spacial score (nSPS) is 11.2. The van der Waals surface area contributed by atoms with Crippen LogP contribution < -0.4 is 5.73 Å². The molecule has 0 aliphatic carbocycles. The van der Waals surface area contributed by atoms with Crippen molar-refractivity contribution >= 4 is 11.3 Å². The fourth-order valence-corrected chi connectivity index (χ4v) is 3.05. The van der Waals surface area contributed by atoms with E-state index in [1.165, 1.54) is 4.88 Å². The van der Waals surface area contributed by atoms with E-state index < -0.39 is 0 Å². The van der Waals surface area contributed by atoms with Gasteiger partial charge in [-0.25, -0.2) is 0 Å². The molecule has 0 aromatic carbocycles. The SMILES string of the molecule is CC(C)CN(Cc1ccc(C#CCN)s1)CC(C)C. The summed E-state index contributed by atoms with van der Waals surface area (Å²) < 4.78 is 0. The average molecular weight is 278 g/mol. The summed E-state index contributed by atoms with van der Waals surface area (Å²) in [5.41, 5.74) is 5.40. The van der Waals surface area contributed by atoms with Gasteiger partial charge in [0.1, 0.15) is 0 Å². The van der Waals surface area contributed by atoms with E-state index in [4.69, 9.17) is 5.73 Å². The number of thiophene rings is 1. The maximum Gasteiger partial charge on any atom is 0.0772 e. The molecule has 0 aliphatic rings. The summed E-state index contributed by atoms with van der Waals surface area (Å²) in [5.74, 6) is 7.42. The van der Waals surface area contributed by atoms with Gasteiger partial charge < -0.3 is 5.73 Å². The second-order valence-corrected chi connectivity index (χ2v) is 6.92. The minimum atomic E-state index is 0.431. The molecule has 0 amide bonds. The predicted molar refractivity (Wildman–Crippen MR) is 85.2 cm³/mol. The Bertz CT molecular complexity index is 413. The molecular weight excluding hydrogens is 252 g/mol. The van der Waals surface area contributed by atoms with Gasteiger partial charge in [0.15, 0.2) is 0 Å². The molecule has 19 heavy (non-hydrogen) atoms. The third kappa shape index (κ3) is 6.77. The largest absolute Gasteiger partial charge is 0.320 e. The summed E-state index contributed by atoms with van der Waals surface area (Å²) in [6.45, 7) is 12.9. The van der Waals surface area contributed by atoms with Crippen molar-refractivity contribution in [3.8, 4) is 11.8 Å². The zero-order valence-electron chi connectivity index (χ0n) is 12.6. The van der Waals surface area contributed by atoms with E-state index in [9.17, 15) is 0 Å². The molecule has 2 N–H and O–H groups in total. The van der Waals surface area contributed by atoms with E-state index in [-0.39, 0.29) is 0 Å². The van der Waals surface area contributed by atoms with Crippen LogP contribution in [0.4, 0.5) is 0 Å². The van der Waals surface area contributed by atoms with Crippen molar-refractivity contribution in [3.05, 3.63) is 21.9 Å². The van der Waals surface area contributed by atoms with Crippen molar-refractivity contribution in [2.75, 3.05) is 19.6 Å². The standard InChI is InChI=1S/C16H26N2S/c1-13(2)10-18(11-14(3)4)12-16-8-7-15(19-16)6-5-9-17/h7-8,13-14H,9-12,17H2,1-4H3. The summed E-state index contributed by atoms with van der Waals surface area (Å²) in [4.78, 5) is 5.05. The smallest absolute Gasteiger partial charge is 0.0772 e. The summed E-state index contributed by atoms with van der Waals surface area (Å²) in [5, 5.41) is 0. The first-order valence-corrected chi connectivity index (χ1v) is 7.83. The van der Waals surface area contributed by atoms with Crippen LogP contribution in [-0.2, 0) is 6.54 Å². The van der Waals surface area contributed by atoms with Crippen LogP contribution in [0.25, 0.3) is 0 Å². The first-order valence-electron chi connectivity index (χ1n) is 7.01. The summed E-state index contributed by atoms with van der Waals surface area (Å²) in [7, 11) is 0. The van der Waals surface area contributed by atoms with Crippen molar-refractivity contribution in [1.82, 2.24) is 4.90 Å². The molecule has 0 radical (unpaired) electrons. The Hall–Kier alpha value is -0.820. The second-order valence-electron chi connectivity index (χ2n) is 5.75. The molecule has 0 bridgehead atoms. The number of nitrogens with zero attached hydrogens (tertiary/aromatic N) is 1. The van der Waals surface area contributed by atoms with Crippen molar-refractivity contribution in [3.63, 3.8) is 0 Å². The van der Waals surface area contributed by atoms with Gasteiger partial charge in [0, 0.05) is 24.5 Å². The zero-order chi connectivity index (χ0) is 14.3. The number of nitrogens with two attached hydrogens (primary N) is 1. The Kier molecular flexibility index (Phi) is 7.15. The lowest BCUT2D eigenvalue weighted by atomic mass is 10.1. The van der Waals surface area contributed by atoms with E-state index in [1.807, 2.05) is 0 Å². The Labute approximate surface area is 122 Å². The minimum Gasteiger partial charge on any atom is -0.320 e. The fourth-order valence-electron chi connectivity index (χ4n) is 2.13. The van der Waals surface area contributed by atoms with Crippen LogP contribution in [0.1, 0.15) is 37.4 Å². The lowest BCUT2D eigenvalue weighted by molar-refractivity contribution is 0.213. The molecule has 0 atom stereocenters. The van der Waals surface area contributed by atoms with E-state index in [0.29, 0.717) is 18.4 Å². The molecule has 3 heteroatoms. The lowest BCUT2D eigenvalue weighted by Crippen LogP contribution is -2.30.